The number of rotatable bonds is 3. The van der Waals surface area contributed by atoms with Crippen LogP contribution in [0.25, 0.3) is 98.0 Å². The molecular formula is C75H43BN2. The lowest BCUT2D eigenvalue weighted by atomic mass is 9.32. The zero-order valence-corrected chi connectivity index (χ0v) is 42.3. The maximum atomic E-state index is 2.61. The molecule has 2 heterocycles. The number of anilines is 6. The van der Waals surface area contributed by atoms with E-state index in [0.29, 0.717) is 0 Å². The van der Waals surface area contributed by atoms with Crippen LogP contribution in [0.15, 0.2) is 261 Å². The van der Waals surface area contributed by atoms with Gasteiger partial charge in [0.25, 0.3) is 6.71 Å². The lowest BCUT2D eigenvalue weighted by molar-refractivity contribution is 0.794. The highest BCUT2D eigenvalue weighted by molar-refractivity contribution is 7.03. The fourth-order valence-corrected chi connectivity index (χ4v) is 15.7. The van der Waals surface area contributed by atoms with Gasteiger partial charge in [0.15, 0.2) is 0 Å². The van der Waals surface area contributed by atoms with E-state index in [1.165, 1.54) is 159 Å². The highest BCUT2D eigenvalue weighted by Crippen LogP contribution is 2.63. The summed E-state index contributed by atoms with van der Waals surface area (Å²) >= 11 is 0. The second kappa shape index (κ2) is 14.7. The number of nitrogens with zero attached hydrogens (tertiary/aromatic N) is 2. The Labute approximate surface area is 451 Å². The molecular weight excluding hydrogens is 940 g/mol. The van der Waals surface area contributed by atoms with E-state index < -0.39 is 5.41 Å². The molecule has 356 valence electrons. The van der Waals surface area contributed by atoms with Crippen LogP contribution in [0.2, 0.25) is 0 Å². The van der Waals surface area contributed by atoms with E-state index >= 15 is 0 Å². The molecule has 0 saturated carbocycles. The van der Waals surface area contributed by atoms with E-state index in [1.807, 2.05) is 0 Å². The van der Waals surface area contributed by atoms with Crippen LogP contribution < -0.4 is 26.2 Å². The topological polar surface area (TPSA) is 6.48 Å². The Kier molecular flexibility index (Phi) is 7.79. The zero-order valence-electron chi connectivity index (χ0n) is 42.3. The third-order valence-electron chi connectivity index (χ3n) is 18.7. The quantitative estimate of drug-likeness (QED) is 0.129. The molecule has 0 unspecified atom stereocenters. The van der Waals surface area contributed by atoms with Crippen molar-refractivity contribution in [2.45, 2.75) is 5.41 Å². The summed E-state index contributed by atoms with van der Waals surface area (Å²) in [5, 5.41) is 15.6. The molecule has 0 fully saturated rings. The molecule has 15 aromatic carbocycles. The van der Waals surface area contributed by atoms with Crippen molar-refractivity contribution in [3.63, 3.8) is 0 Å². The van der Waals surface area contributed by atoms with Gasteiger partial charge in [-0.1, -0.05) is 206 Å². The molecule has 0 amide bonds. The molecule has 0 N–H and O–H groups in total. The van der Waals surface area contributed by atoms with E-state index in [0.717, 1.165) is 11.4 Å². The normalized spacial score (nSPS) is 14.2. The fraction of sp³-hybridized carbons (Fsp3) is 0.0133. The minimum absolute atomic E-state index is 0.118. The maximum Gasteiger partial charge on any atom is 0.253 e. The van der Waals surface area contributed by atoms with Crippen LogP contribution in [0.4, 0.5) is 34.1 Å². The van der Waals surface area contributed by atoms with E-state index in [-0.39, 0.29) is 6.71 Å². The smallest absolute Gasteiger partial charge is 0.253 e. The Hall–Kier alpha value is -9.96. The first-order valence-corrected chi connectivity index (χ1v) is 27.4. The van der Waals surface area contributed by atoms with E-state index in [4.69, 9.17) is 0 Å². The minimum Gasteiger partial charge on any atom is -0.311 e. The lowest BCUT2D eigenvalue weighted by Crippen LogP contribution is -2.61. The molecule has 0 atom stereocenters. The molecule has 2 aliphatic heterocycles. The molecule has 0 bridgehead atoms. The summed E-state index contributed by atoms with van der Waals surface area (Å²) < 4.78 is 0. The predicted octanol–water partition coefficient (Wildman–Crippen LogP) is 17.6. The summed E-state index contributed by atoms with van der Waals surface area (Å²) in [5.74, 6) is 0. The standard InChI is InChI=1S/C75H43BN2/c1-3-19-52(20-4-1)77-64-40-49-31-29-44-15-13-17-46-33-37-58(70(49)68(44)46)72(64)76-73-59-38-34-47-18-14-16-45-30-32-50(71(59)69(45)47)41-65(73)78(53-21-5-2-6-22-53)67-43-51(42-66(77)74(67)76)48-35-36-57-56-25-9-12-28-62(56)75(63(57)39-48)60-26-10-7-23-54(60)55-24-8-11-27-61(55)75/h1-43H. The van der Waals surface area contributed by atoms with Gasteiger partial charge in [0.2, 0.25) is 0 Å². The van der Waals surface area contributed by atoms with Gasteiger partial charge in [0, 0.05) is 34.1 Å². The summed E-state index contributed by atoms with van der Waals surface area (Å²) in [4.78, 5) is 5.22. The van der Waals surface area contributed by atoms with Gasteiger partial charge in [-0.3, -0.25) is 0 Å². The van der Waals surface area contributed by atoms with Crippen LogP contribution in [-0.2, 0) is 5.41 Å². The highest BCUT2D eigenvalue weighted by atomic mass is 15.2. The Morgan fingerprint density at radius 3 is 1.13 bits per heavy atom. The first-order chi connectivity index (χ1) is 38.7. The van der Waals surface area contributed by atoms with Crippen molar-refractivity contribution in [2.24, 2.45) is 0 Å². The molecule has 78 heavy (non-hydrogen) atoms. The Bertz CT molecular complexity index is 4800. The van der Waals surface area contributed by atoms with E-state index in [2.05, 4.69) is 271 Å². The first kappa shape index (κ1) is 41.3. The van der Waals surface area contributed by atoms with Crippen molar-refractivity contribution in [3.05, 3.63) is 283 Å². The van der Waals surface area contributed by atoms with Crippen molar-refractivity contribution < 1.29 is 0 Å². The van der Waals surface area contributed by atoms with Crippen molar-refractivity contribution in [1.29, 1.82) is 0 Å². The highest BCUT2D eigenvalue weighted by Gasteiger charge is 2.52. The summed E-state index contributed by atoms with van der Waals surface area (Å²) in [6.45, 7) is -0.118. The van der Waals surface area contributed by atoms with Crippen molar-refractivity contribution in [2.75, 3.05) is 9.80 Å². The molecule has 2 aliphatic carbocycles. The predicted molar refractivity (Wildman–Crippen MR) is 330 cm³/mol. The van der Waals surface area contributed by atoms with Gasteiger partial charge in [-0.15, -0.1) is 0 Å². The largest absolute Gasteiger partial charge is 0.311 e. The average molecular weight is 983 g/mol. The lowest BCUT2D eigenvalue weighted by Gasteiger charge is -2.45. The number of hydrogen-bond donors (Lipinski definition) is 0. The van der Waals surface area contributed by atoms with Crippen LogP contribution in [0.1, 0.15) is 22.3 Å². The van der Waals surface area contributed by atoms with Gasteiger partial charge < -0.3 is 9.80 Å². The van der Waals surface area contributed by atoms with Crippen LogP contribution >= 0.6 is 0 Å². The van der Waals surface area contributed by atoms with Gasteiger partial charge in [0.1, 0.15) is 0 Å². The van der Waals surface area contributed by atoms with Crippen molar-refractivity contribution in [1.82, 2.24) is 0 Å². The van der Waals surface area contributed by atoms with Crippen LogP contribution in [-0.4, -0.2) is 6.71 Å². The average Bonchev–Trinajstić information content (AvgIpc) is 3.12. The van der Waals surface area contributed by atoms with Gasteiger partial charge in [-0.05, 0) is 191 Å². The molecule has 15 aromatic rings. The number of para-hydroxylation sites is 2. The maximum absolute atomic E-state index is 2.61. The fourth-order valence-electron chi connectivity index (χ4n) is 15.7. The van der Waals surface area contributed by atoms with Crippen LogP contribution in [0.3, 0.4) is 0 Å². The Balaban J connectivity index is 0.969. The molecule has 0 aromatic heterocycles. The first-order valence-electron chi connectivity index (χ1n) is 27.4. The van der Waals surface area contributed by atoms with Crippen molar-refractivity contribution in [3.8, 4) is 33.4 Å². The second-order valence-electron chi connectivity index (χ2n) is 22.2. The Morgan fingerprint density at radius 1 is 0.256 bits per heavy atom. The minimum atomic E-state index is -0.466. The monoisotopic (exact) mass is 982 g/mol. The van der Waals surface area contributed by atoms with Gasteiger partial charge in [0.05, 0.1) is 5.41 Å². The van der Waals surface area contributed by atoms with Gasteiger partial charge >= 0.3 is 0 Å². The third kappa shape index (κ3) is 5.02. The summed E-state index contributed by atoms with van der Waals surface area (Å²) in [6.07, 6.45) is 0. The van der Waals surface area contributed by atoms with E-state index in [1.54, 1.807) is 0 Å². The number of fused-ring (bicyclic) bond motifs is 16. The summed E-state index contributed by atoms with van der Waals surface area (Å²) in [7, 11) is 0. The molecule has 3 heteroatoms. The van der Waals surface area contributed by atoms with Crippen molar-refractivity contribution >= 4 is 122 Å². The van der Waals surface area contributed by atoms with Gasteiger partial charge in [-0.2, -0.15) is 0 Å². The molecule has 0 saturated heterocycles. The second-order valence-corrected chi connectivity index (χ2v) is 22.2. The zero-order chi connectivity index (χ0) is 50.5. The van der Waals surface area contributed by atoms with Gasteiger partial charge in [-0.25, -0.2) is 0 Å². The van der Waals surface area contributed by atoms with E-state index in [9.17, 15) is 0 Å². The molecule has 2 nitrogen and oxygen atoms in total. The van der Waals surface area contributed by atoms with Crippen LogP contribution in [0.5, 0.6) is 0 Å². The Morgan fingerprint density at radius 2 is 0.654 bits per heavy atom. The summed E-state index contributed by atoms with van der Waals surface area (Å²) in [5.41, 5.74) is 23.7. The number of hydrogen-bond acceptors (Lipinski definition) is 2. The number of benzene rings is 15. The molecule has 4 aliphatic rings. The molecule has 0 radical (unpaired) electrons. The molecule has 19 rings (SSSR count). The summed E-state index contributed by atoms with van der Waals surface area (Å²) in [6, 6.07) is 99.9. The van der Waals surface area contributed by atoms with Crippen LogP contribution in [0, 0.1) is 0 Å². The molecule has 1 spiro atoms. The third-order valence-corrected chi connectivity index (χ3v) is 18.7. The SMILES string of the molecule is c1ccc(N2c3cc(-c4ccc5c(c4)C4(c6ccccc6-c6ccccc64)c4ccccc4-5)cc4c3B(c3c2cc2ccc5cccc6ccc3c2c56)c2c(cc3ccc5cccc6ccc2c3c56)N4c2ccccc2)cc1.